The number of aryl methyl sites for hydroxylation is 2. The van der Waals surface area contributed by atoms with Gasteiger partial charge in [0.2, 0.25) is 0 Å². The lowest BCUT2D eigenvalue weighted by molar-refractivity contribution is -0.149. The molecule has 0 fully saturated rings. The Labute approximate surface area is 121 Å². The van der Waals surface area contributed by atoms with E-state index in [0.717, 1.165) is 16.9 Å². The Bertz CT molecular complexity index is 451. The minimum absolute atomic E-state index is 0.155. The van der Waals surface area contributed by atoms with Gasteiger partial charge < -0.3 is 9.47 Å². The normalized spacial score (nSPS) is 13.9. The number of ether oxygens (including phenoxy) is 2. The molecule has 0 saturated heterocycles. The van der Waals surface area contributed by atoms with E-state index in [4.69, 9.17) is 9.47 Å². The van der Waals surface area contributed by atoms with Crippen LogP contribution in [0, 0.1) is 13.8 Å². The first-order valence-corrected chi connectivity index (χ1v) is 6.84. The van der Waals surface area contributed by atoms with Crippen LogP contribution in [0.15, 0.2) is 18.2 Å². The van der Waals surface area contributed by atoms with E-state index in [1.807, 2.05) is 39.8 Å². The Morgan fingerprint density at radius 1 is 1.25 bits per heavy atom. The monoisotopic (exact) mass is 279 g/mol. The highest BCUT2D eigenvalue weighted by atomic mass is 16.5. The van der Waals surface area contributed by atoms with Gasteiger partial charge in [0.15, 0.2) is 0 Å². The van der Waals surface area contributed by atoms with Crippen molar-refractivity contribution in [1.29, 1.82) is 0 Å². The van der Waals surface area contributed by atoms with Crippen LogP contribution in [0.25, 0.3) is 0 Å². The van der Waals surface area contributed by atoms with Gasteiger partial charge in [-0.1, -0.05) is 6.07 Å². The van der Waals surface area contributed by atoms with E-state index in [1.54, 1.807) is 6.92 Å². The third-order valence-corrected chi connectivity index (χ3v) is 2.97. The van der Waals surface area contributed by atoms with Crippen molar-refractivity contribution >= 4 is 5.97 Å². The maximum atomic E-state index is 12.0. The molecule has 0 heterocycles. The molecule has 20 heavy (non-hydrogen) atoms. The van der Waals surface area contributed by atoms with Gasteiger partial charge in [-0.2, -0.15) is 0 Å². The first-order valence-electron chi connectivity index (χ1n) is 6.84. The van der Waals surface area contributed by atoms with E-state index in [9.17, 15) is 4.79 Å². The van der Waals surface area contributed by atoms with Crippen molar-refractivity contribution in [3.8, 4) is 5.75 Å². The van der Waals surface area contributed by atoms with Gasteiger partial charge in [0.05, 0.1) is 7.11 Å². The summed E-state index contributed by atoms with van der Waals surface area (Å²) in [6, 6.07) is 6.15. The number of benzene rings is 1. The Morgan fingerprint density at radius 2 is 1.80 bits per heavy atom. The van der Waals surface area contributed by atoms with Crippen molar-refractivity contribution in [2.45, 2.75) is 46.2 Å². The van der Waals surface area contributed by atoms with Gasteiger partial charge in [-0.25, -0.2) is 4.79 Å². The molecule has 1 N–H and O–H groups in total. The zero-order valence-electron chi connectivity index (χ0n) is 13.2. The summed E-state index contributed by atoms with van der Waals surface area (Å²) < 4.78 is 10.7. The second-order valence-electron chi connectivity index (χ2n) is 5.73. The molecule has 4 nitrogen and oxygen atoms in total. The summed E-state index contributed by atoms with van der Waals surface area (Å²) >= 11 is 0. The smallest absolute Gasteiger partial charge is 0.329 e. The molecule has 0 aliphatic carbocycles. The van der Waals surface area contributed by atoms with Crippen molar-refractivity contribution < 1.29 is 14.3 Å². The number of carbonyl (C=O) groups is 1. The van der Waals surface area contributed by atoms with Gasteiger partial charge in [-0.05, 0) is 57.9 Å². The molecule has 4 heteroatoms. The molecule has 112 valence electrons. The zero-order valence-corrected chi connectivity index (χ0v) is 13.2. The first kappa shape index (κ1) is 16.5. The lowest BCUT2D eigenvalue weighted by Gasteiger charge is -2.30. The molecule has 0 amide bonds. The van der Waals surface area contributed by atoms with Crippen LogP contribution in [-0.4, -0.2) is 31.3 Å². The van der Waals surface area contributed by atoms with E-state index in [0.29, 0.717) is 0 Å². The van der Waals surface area contributed by atoms with Crippen LogP contribution in [0.5, 0.6) is 5.75 Å². The van der Waals surface area contributed by atoms with Gasteiger partial charge in [-0.3, -0.25) is 5.32 Å². The summed E-state index contributed by atoms with van der Waals surface area (Å²) in [7, 11) is 1.39. The average Bonchev–Trinajstić information content (AvgIpc) is 2.33. The van der Waals surface area contributed by atoms with Crippen LogP contribution in [0.2, 0.25) is 0 Å². The second kappa shape index (κ2) is 6.75. The van der Waals surface area contributed by atoms with Crippen LogP contribution < -0.4 is 10.1 Å². The number of hydrogen-bond acceptors (Lipinski definition) is 4. The Kier molecular flexibility index (Phi) is 5.57. The predicted molar refractivity (Wildman–Crippen MR) is 80.1 cm³/mol. The number of carbonyl (C=O) groups excluding carboxylic acids is 1. The largest absolute Gasteiger partial charge is 0.491 e. The molecule has 1 aromatic carbocycles. The molecular formula is C16H25NO3. The second-order valence-corrected chi connectivity index (χ2v) is 5.73. The lowest BCUT2D eigenvalue weighted by atomic mass is 10.0. The molecule has 1 unspecified atom stereocenters. The van der Waals surface area contributed by atoms with E-state index in [1.165, 1.54) is 7.11 Å². The first-order chi connectivity index (χ1) is 9.26. The summed E-state index contributed by atoms with van der Waals surface area (Å²) in [6.45, 7) is 10.0. The molecule has 0 aliphatic rings. The highest BCUT2D eigenvalue weighted by molar-refractivity contribution is 5.80. The van der Waals surface area contributed by atoms with Gasteiger partial charge in [-0.15, -0.1) is 0 Å². The summed E-state index contributed by atoms with van der Waals surface area (Å²) in [4.78, 5) is 12.0. The fourth-order valence-corrected chi connectivity index (χ4v) is 2.27. The predicted octanol–water partition coefficient (Wildman–Crippen LogP) is 2.61. The Morgan fingerprint density at radius 3 is 2.25 bits per heavy atom. The number of esters is 1. The minimum atomic E-state index is -0.861. The van der Waals surface area contributed by atoms with Crippen LogP contribution in [0.1, 0.15) is 31.9 Å². The zero-order chi connectivity index (χ0) is 15.3. The molecule has 0 spiro atoms. The van der Waals surface area contributed by atoms with Crippen molar-refractivity contribution in [2.75, 3.05) is 13.7 Å². The SMILES string of the molecule is COC(=O)C(C)(COc1cc(C)cc(C)c1)NC(C)C. The van der Waals surface area contributed by atoms with Gasteiger partial charge in [0.25, 0.3) is 0 Å². The standard InChI is InChI=1S/C16H25NO3/c1-11(2)17-16(5,15(18)19-6)10-20-14-8-12(3)7-13(4)9-14/h7-9,11,17H,10H2,1-6H3. The molecule has 1 atom stereocenters. The van der Waals surface area contributed by atoms with Gasteiger partial charge >= 0.3 is 5.97 Å². The Hall–Kier alpha value is -1.55. The summed E-state index contributed by atoms with van der Waals surface area (Å²) in [6.07, 6.45) is 0. The maximum Gasteiger partial charge on any atom is 0.329 e. The average molecular weight is 279 g/mol. The molecule has 1 aromatic rings. The molecule has 0 aromatic heterocycles. The quantitative estimate of drug-likeness (QED) is 0.813. The fraction of sp³-hybridized carbons (Fsp3) is 0.562. The number of rotatable bonds is 6. The molecule has 1 rings (SSSR count). The van der Waals surface area contributed by atoms with E-state index >= 15 is 0 Å². The summed E-state index contributed by atoms with van der Waals surface area (Å²) in [5.74, 6) is 0.443. The minimum Gasteiger partial charge on any atom is -0.491 e. The van der Waals surface area contributed by atoms with E-state index in [2.05, 4.69) is 11.4 Å². The van der Waals surface area contributed by atoms with Crippen LogP contribution in [0.3, 0.4) is 0 Å². The topological polar surface area (TPSA) is 47.6 Å². The third-order valence-electron chi connectivity index (χ3n) is 2.97. The molecule has 0 radical (unpaired) electrons. The van der Waals surface area contributed by atoms with Crippen molar-refractivity contribution in [1.82, 2.24) is 5.32 Å². The highest BCUT2D eigenvalue weighted by Gasteiger charge is 2.35. The number of methoxy groups -OCH3 is 1. The van der Waals surface area contributed by atoms with Crippen molar-refractivity contribution in [3.63, 3.8) is 0 Å². The third kappa shape index (κ3) is 4.53. The maximum absolute atomic E-state index is 12.0. The molecular weight excluding hydrogens is 254 g/mol. The molecule has 0 bridgehead atoms. The highest BCUT2D eigenvalue weighted by Crippen LogP contribution is 2.18. The van der Waals surface area contributed by atoms with Gasteiger partial charge in [0.1, 0.15) is 17.9 Å². The summed E-state index contributed by atoms with van der Waals surface area (Å²) in [5.41, 5.74) is 1.41. The number of nitrogens with one attached hydrogen (secondary N) is 1. The summed E-state index contributed by atoms with van der Waals surface area (Å²) in [5, 5.41) is 3.21. The molecule has 0 saturated carbocycles. The van der Waals surface area contributed by atoms with E-state index in [-0.39, 0.29) is 18.6 Å². The van der Waals surface area contributed by atoms with Crippen LogP contribution >= 0.6 is 0 Å². The number of hydrogen-bond donors (Lipinski definition) is 1. The lowest BCUT2D eigenvalue weighted by Crippen LogP contribution is -2.56. The van der Waals surface area contributed by atoms with Crippen molar-refractivity contribution in [2.24, 2.45) is 0 Å². The fourth-order valence-electron chi connectivity index (χ4n) is 2.27. The van der Waals surface area contributed by atoms with Crippen LogP contribution in [-0.2, 0) is 9.53 Å². The van der Waals surface area contributed by atoms with E-state index < -0.39 is 5.54 Å². The van der Waals surface area contributed by atoms with Gasteiger partial charge in [0, 0.05) is 6.04 Å². The van der Waals surface area contributed by atoms with Crippen molar-refractivity contribution in [3.05, 3.63) is 29.3 Å². The Balaban J connectivity index is 2.83. The van der Waals surface area contributed by atoms with Crippen LogP contribution in [0.4, 0.5) is 0 Å². The molecule has 0 aliphatic heterocycles.